The molecule has 0 aromatic rings. The number of amidine groups is 1. The number of nitrogens with zero attached hydrogens (tertiary/aromatic N) is 1. The molecule has 0 fully saturated rings. The molecule has 0 radical (unpaired) electrons. The molecule has 0 unspecified atom stereocenters. The van der Waals surface area contributed by atoms with E-state index in [4.69, 9.17) is 16.2 Å². The van der Waals surface area contributed by atoms with E-state index in [-0.39, 0.29) is 12.4 Å². The van der Waals surface area contributed by atoms with Gasteiger partial charge in [0.15, 0.2) is 0 Å². The number of nitrogens with two attached hydrogens (primary N) is 1. The molecule has 0 aliphatic heterocycles. The first-order chi connectivity index (χ1) is 3.31. The van der Waals surface area contributed by atoms with Crippen LogP contribution in [0.25, 0.3) is 0 Å². The fourth-order valence-electron chi connectivity index (χ4n) is 0.131. The molecular weight excluding hydrogens is 94.1 g/mol. The van der Waals surface area contributed by atoms with Crippen LogP contribution in [0.5, 0.6) is 0 Å². The minimum Gasteiger partial charge on any atom is -0.390 e. The molecule has 0 saturated heterocycles. The van der Waals surface area contributed by atoms with Gasteiger partial charge >= 0.3 is 0 Å². The molecule has 0 bridgehead atoms. The van der Waals surface area contributed by atoms with E-state index in [9.17, 15) is 0 Å². The maximum atomic E-state index is 8.07. The van der Waals surface area contributed by atoms with Crippen molar-refractivity contribution in [2.45, 2.75) is 0 Å². The van der Waals surface area contributed by atoms with Crippen LogP contribution in [-0.2, 0) is 0 Å². The SMILES string of the molecule is N=C(CO)N=CN. The Balaban J connectivity index is 3.37. The summed E-state index contributed by atoms with van der Waals surface area (Å²) in [6.07, 6.45) is 0.971. The molecule has 4 heteroatoms. The summed E-state index contributed by atoms with van der Waals surface area (Å²) in [5.41, 5.74) is 4.76. The van der Waals surface area contributed by atoms with Gasteiger partial charge < -0.3 is 10.8 Å². The third kappa shape index (κ3) is 2.92. The van der Waals surface area contributed by atoms with E-state index >= 15 is 0 Å². The Morgan fingerprint density at radius 3 is 2.71 bits per heavy atom. The predicted molar refractivity (Wildman–Crippen MR) is 27.5 cm³/mol. The molecule has 7 heavy (non-hydrogen) atoms. The van der Waals surface area contributed by atoms with Gasteiger partial charge in [-0.15, -0.1) is 0 Å². The quantitative estimate of drug-likeness (QED) is 0.290. The lowest BCUT2D eigenvalue weighted by atomic mass is 10.7. The van der Waals surface area contributed by atoms with Gasteiger partial charge in [0.25, 0.3) is 0 Å². The van der Waals surface area contributed by atoms with Gasteiger partial charge in [-0.3, -0.25) is 5.41 Å². The van der Waals surface area contributed by atoms with E-state index < -0.39 is 0 Å². The van der Waals surface area contributed by atoms with Gasteiger partial charge in [0.1, 0.15) is 12.4 Å². The maximum Gasteiger partial charge on any atom is 0.148 e. The minimum atomic E-state index is -0.353. The van der Waals surface area contributed by atoms with Crippen LogP contribution < -0.4 is 5.73 Å². The average Bonchev–Trinajstić information content (AvgIpc) is 1.68. The number of nitrogens with one attached hydrogen (secondary N) is 1. The summed E-state index contributed by atoms with van der Waals surface area (Å²) in [6.45, 7) is -0.353. The summed E-state index contributed by atoms with van der Waals surface area (Å²) >= 11 is 0. The summed E-state index contributed by atoms with van der Waals surface area (Å²) in [5, 5.41) is 14.7. The lowest BCUT2D eigenvalue weighted by Gasteiger charge is -1.83. The Bertz CT molecular complexity index is 88.2. The predicted octanol–water partition coefficient (Wildman–Crippen LogP) is -1.06. The zero-order chi connectivity index (χ0) is 5.70. The van der Waals surface area contributed by atoms with E-state index in [0.29, 0.717) is 0 Å². The van der Waals surface area contributed by atoms with Crippen molar-refractivity contribution in [3.63, 3.8) is 0 Å². The highest BCUT2D eigenvalue weighted by molar-refractivity contribution is 5.86. The molecule has 0 aliphatic carbocycles. The highest BCUT2D eigenvalue weighted by atomic mass is 16.3. The molecule has 4 nitrogen and oxygen atoms in total. The summed E-state index contributed by atoms with van der Waals surface area (Å²) in [5.74, 6) is -0.123. The highest BCUT2D eigenvalue weighted by Crippen LogP contribution is 1.66. The first kappa shape index (κ1) is 6.10. The molecular formula is C3H7N3O. The Hall–Kier alpha value is -0.900. The van der Waals surface area contributed by atoms with E-state index in [0.717, 1.165) is 6.34 Å². The Morgan fingerprint density at radius 1 is 2.00 bits per heavy atom. The number of hydrogen-bond acceptors (Lipinski definition) is 2. The number of aliphatic hydroxyl groups excluding tert-OH is 1. The van der Waals surface area contributed by atoms with Crippen molar-refractivity contribution in [2.75, 3.05) is 6.61 Å². The van der Waals surface area contributed by atoms with Crippen molar-refractivity contribution in [1.82, 2.24) is 0 Å². The molecule has 0 heterocycles. The van der Waals surface area contributed by atoms with Gasteiger partial charge in [0.05, 0.1) is 6.34 Å². The number of aliphatic imine (C=N–C) groups is 1. The first-order valence-electron chi connectivity index (χ1n) is 1.73. The normalized spacial score (nSPS) is 9.86. The van der Waals surface area contributed by atoms with Gasteiger partial charge in [-0.2, -0.15) is 0 Å². The second-order valence-electron chi connectivity index (χ2n) is 0.883. The summed E-state index contributed by atoms with van der Waals surface area (Å²) in [4.78, 5) is 3.23. The van der Waals surface area contributed by atoms with Crippen LogP contribution in [0.2, 0.25) is 0 Å². The zero-order valence-corrected chi connectivity index (χ0v) is 3.76. The molecule has 0 spiro atoms. The lowest BCUT2D eigenvalue weighted by Crippen LogP contribution is -2.01. The Kier molecular flexibility index (Phi) is 2.87. The maximum absolute atomic E-state index is 8.07. The van der Waals surface area contributed by atoms with Gasteiger partial charge in [-0.1, -0.05) is 0 Å². The van der Waals surface area contributed by atoms with Crippen molar-refractivity contribution < 1.29 is 5.11 Å². The molecule has 0 aliphatic rings. The van der Waals surface area contributed by atoms with Gasteiger partial charge in [-0.05, 0) is 0 Å². The number of hydrogen-bond donors (Lipinski definition) is 3. The van der Waals surface area contributed by atoms with Crippen LogP contribution in [0.1, 0.15) is 0 Å². The zero-order valence-electron chi connectivity index (χ0n) is 3.76. The van der Waals surface area contributed by atoms with Crippen LogP contribution in [0.3, 0.4) is 0 Å². The monoisotopic (exact) mass is 101 g/mol. The summed E-state index contributed by atoms with van der Waals surface area (Å²) in [7, 11) is 0. The Morgan fingerprint density at radius 2 is 2.57 bits per heavy atom. The number of aliphatic hydroxyl groups is 1. The minimum absolute atomic E-state index is 0.123. The van der Waals surface area contributed by atoms with E-state index in [2.05, 4.69) is 4.99 Å². The fraction of sp³-hybridized carbons (Fsp3) is 0.333. The molecule has 0 saturated carbocycles. The van der Waals surface area contributed by atoms with Crippen LogP contribution >= 0.6 is 0 Å². The molecule has 0 aromatic heterocycles. The lowest BCUT2D eigenvalue weighted by molar-refractivity contribution is 0.355. The van der Waals surface area contributed by atoms with Crippen molar-refractivity contribution in [1.29, 1.82) is 5.41 Å². The second-order valence-corrected chi connectivity index (χ2v) is 0.883. The van der Waals surface area contributed by atoms with Crippen molar-refractivity contribution >= 4 is 12.2 Å². The van der Waals surface area contributed by atoms with E-state index in [1.807, 2.05) is 0 Å². The fourth-order valence-corrected chi connectivity index (χ4v) is 0.131. The number of rotatable bonds is 1. The molecule has 0 atom stereocenters. The van der Waals surface area contributed by atoms with Crippen molar-refractivity contribution in [3.05, 3.63) is 0 Å². The molecule has 0 aromatic carbocycles. The van der Waals surface area contributed by atoms with Crippen LogP contribution in [0.15, 0.2) is 4.99 Å². The van der Waals surface area contributed by atoms with Crippen LogP contribution in [0.4, 0.5) is 0 Å². The topological polar surface area (TPSA) is 82.5 Å². The first-order valence-corrected chi connectivity index (χ1v) is 1.73. The third-order valence-electron chi connectivity index (χ3n) is 0.380. The molecule has 0 rings (SSSR count). The molecule has 40 valence electrons. The summed E-state index contributed by atoms with van der Waals surface area (Å²) in [6, 6.07) is 0. The molecule has 4 N–H and O–H groups in total. The van der Waals surface area contributed by atoms with E-state index in [1.165, 1.54) is 0 Å². The highest BCUT2D eigenvalue weighted by Gasteiger charge is 1.81. The third-order valence-corrected chi connectivity index (χ3v) is 0.380. The standard InChI is InChI=1S/C3H7N3O/c4-2-6-3(5)1-7/h2,7H,1H2,(H3,4,5,6). The van der Waals surface area contributed by atoms with E-state index in [1.54, 1.807) is 0 Å². The Labute approximate surface area is 41.2 Å². The largest absolute Gasteiger partial charge is 0.390 e. The van der Waals surface area contributed by atoms with Crippen molar-refractivity contribution in [3.8, 4) is 0 Å². The second kappa shape index (κ2) is 3.30. The van der Waals surface area contributed by atoms with Gasteiger partial charge in [-0.25, -0.2) is 4.99 Å². The van der Waals surface area contributed by atoms with Gasteiger partial charge in [0.2, 0.25) is 0 Å². The van der Waals surface area contributed by atoms with Gasteiger partial charge in [0, 0.05) is 0 Å². The average molecular weight is 101 g/mol. The van der Waals surface area contributed by atoms with Crippen LogP contribution in [0, 0.1) is 5.41 Å². The summed E-state index contributed by atoms with van der Waals surface area (Å²) < 4.78 is 0. The van der Waals surface area contributed by atoms with Crippen molar-refractivity contribution in [2.24, 2.45) is 10.7 Å². The smallest absolute Gasteiger partial charge is 0.148 e. The van der Waals surface area contributed by atoms with Crippen LogP contribution in [-0.4, -0.2) is 23.9 Å². The molecule has 0 amide bonds.